The molecule has 0 unspecified atom stereocenters. The first kappa shape index (κ1) is 14.5. The predicted octanol–water partition coefficient (Wildman–Crippen LogP) is 2.92. The van der Waals surface area contributed by atoms with Crippen molar-refractivity contribution in [3.05, 3.63) is 34.3 Å². The van der Waals surface area contributed by atoms with Gasteiger partial charge in [-0.15, -0.1) is 0 Å². The molecule has 1 N–H and O–H groups in total. The van der Waals surface area contributed by atoms with E-state index in [1.807, 2.05) is 19.1 Å². The van der Waals surface area contributed by atoms with Crippen molar-refractivity contribution in [2.24, 2.45) is 5.41 Å². The van der Waals surface area contributed by atoms with E-state index < -0.39 is 5.41 Å². The van der Waals surface area contributed by atoms with E-state index in [2.05, 4.69) is 33.4 Å². The highest BCUT2D eigenvalue weighted by Crippen LogP contribution is 2.32. The van der Waals surface area contributed by atoms with Gasteiger partial charge in [0.1, 0.15) is 0 Å². The topological polar surface area (TPSA) is 38.3 Å². The zero-order valence-electron chi connectivity index (χ0n) is 11.2. The number of ether oxygens (including phenoxy) is 1. The Bertz CT molecular complexity index is 442. The van der Waals surface area contributed by atoms with E-state index in [1.54, 1.807) is 0 Å². The summed E-state index contributed by atoms with van der Waals surface area (Å²) in [6.07, 6.45) is 2.65. The third kappa shape index (κ3) is 3.57. The van der Waals surface area contributed by atoms with Crippen molar-refractivity contribution in [3.8, 4) is 0 Å². The number of halogens is 1. The van der Waals surface area contributed by atoms with Gasteiger partial charge in [-0.2, -0.15) is 0 Å². The normalized spacial score (nSPS) is 23.1. The molecule has 0 radical (unpaired) electrons. The first-order chi connectivity index (χ1) is 9.16. The average Bonchev–Trinajstić information content (AvgIpc) is 2.40. The van der Waals surface area contributed by atoms with E-state index in [0.29, 0.717) is 13.2 Å². The monoisotopic (exact) mass is 325 g/mol. The minimum Gasteiger partial charge on any atom is -0.466 e. The third-order valence-electron chi connectivity index (χ3n) is 3.61. The molecule has 0 saturated carbocycles. The Kier molecular flexibility index (Phi) is 4.99. The molecule has 0 aliphatic carbocycles. The summed E-state index contributed by atoms with van der Waals surface area (Å²) in [5, 5.41) is 3.34. The molecular formula is C15H20BrNO2. The summed E-state index contributed by atoms with van der Waals surface area (Å²) in [7, 11) is 0. The van der Waals surface area contributed by atoms with E-state index in [-0.39, 0.29) is 5.97 Å². The summed E-state index contributed by atoms with van der Waals surface area (Å²) in [5.74, 6) is -0.0674. The van der Waals surface area contributed by atoms with Crippen molar-refractivity contribution in [2.45, 2.75) is 26.2 Å². The number of hydrogen-bond acceptors (Lipinski definition) is 3. The SMILES string of the molecule is CCOC(=O)[C@@]1(Cc2cccc(Br)c2)CCCNC1. The molecule has 0 amide bonds. The fourth-order valence-corrected chi connectivity index (χ4v) is 3.13. The minimum absolute atomic E-state index is 0.0674. The maximum absolute atomic E-state index is 12.3. The van der Waals surface area contributed by atoms with Crippen LogP contribution in [0.4, 0.5) is 0 Å². The number of hydrogen-bond donors (Lipinski definition) is 1. The number of benzene rings is 1. The lowest BCUT2D eigenvalue weighted by Crippen LogP contribution is -2.47. The van der Waals surface area contributed by atoms with Crippen molar-refractivity contribution in [3.63, 3.8) is 0 Å². The van der Waals surface area contributed by atoms with Crippen molar-refractivity contribution in [1.82, 2.24) is 5.32 Å². The highest BCUT2D eigenvalue weighted by atomic mass is 79.9. The van der Waals surface area contributed by atoms with Crippen molar-refractivity contribution >= 4 is 21.9 Å². The van der Waals surface area contributed by atoms with Crippen LogP contribution in [0.5, 0.6) is 0 Å². The van der Waals surface area contributed by atoms with E-state index in [0.717, 1.165) is 30.3 Å². The molecule has 19 heavy (non-hydrogen) atoms. The van der Waals surface area contributed by atoms with Crippen LogP contribution in [0.2, 0.25) is 0 Å². The van der Waals surface area contributed by atoms with Crippen LogP contribution in [-0.4, -0.2) is 25.7 Å². The molecule has 1 aromatic carbocycles. The maximum atomic E-state index is 12.3. The maximum Gasteiger partial charge on any atom is 0.313 e. The number of rotatable bonds is 4. The summed E-state index contributed by atoms with van der Waals surface area (Å²) in [6.45, 7) is 4.00. The minimum atomic E-state index is -0.408. The molecule has 1 aromatic rings. The molecule has 4 heteroatoms. The van der Waals surface area contributed by atoms with Crippen molar-refractivity contribution < 1.29 is 9.53 Å². The predicted molar refractivity (Wildman–Crippen MR) is 79.0 cm³/mol. The Morgan fingerprint density at radius 2 is 2.37 bits per heavy atom. The Morgan fingerprint density at radius 1 is 1.53 bits per heavy atom. The van der Waals surface area contributed by atoms with Crippen molar-refractivity contribution in [2.75, 3.05) is 19.7 Å². The number of nitrogens with one attached hydrogen (secondary N) is 1. The molecule has 1 aliphatic rings. The highest BCUT2D eigenvalue weighted by Gasteiger charge is 2.41. The zero-order chi connectivity index (χ0) is 13.7. The summed E-state index contributed by atoms with van der Waals surface area (Å²) in [6, 6.07) is 8.16. The molecule has 1 saturated heterocycles. The number of carbonyl (C=O) groups excluding carboxylic acids is 1. The number of piperidine rings is 1. The van der Waals surface area contributed by atoms with Gasteiger partial charge >= 0.3 is 5.97 Å². The molecule has 2 rings (SSSR count). The largest absolute Gasteiger partial charge is 0.466 e. The van der Waals surface area contributed by atoms with Gasteiger partial charge in [0.25, 0.3) is 0 Å². The van der Waals surface area contributed by atoms with Crippen LogP contribution in [0.15, 0.2) is 28.7 Å². The van der Waals surface area contributed by atoms with Gasteiger partial charge in [-0.3, -0.25) is 4.79 Å². The fourth-order valence-electron chi connectivity index (χ4n) is 2.69. The number of carbonyl (C=O) groups is 1. The van der Waals surface area contributed by atoms with Gasteiger partial charge in [0.2, 0.25) is 0 Å². The van der Waals surface area contributed by atoms with Crippen LogP contribution in [0.25, 0.3) is 0 Å². The van der Waals surface area contributed by atoms with Crippen molar-refractivity contribution in [1.29, 1.82) is 0 Å². The molecular weight excluding hydrogens is 306 g/mol. The van der Waals surface area contributed by atoms with Gasteiger partial charge in [0, 0.05) is 11.0 Å². The molecule has 1 fully saturated rings. The van der Waals surface area contributed by atoms with Crippen LogP contribution in [-0.2, 0) is 16.0 Å². The Balaban J connectivity index is 2.20. The Morgan fingerprint density at radius 3 is 3.00 bits per heavy atom. The van der Waals surface area contributed by atoms with Crippen LogP contribution >= 0.6 is 15.9 Å². The second-order valence-corrected chi connectivity index (χ2v) is 6.00. The Hall–Kier alpha value is -0.870. The molecule has 0 spiro atoms. The van der Waals surface area contributed by atoms with E-state index >= 15 is 0 Å². The standard InChI is InChI=1S/C15H20BrNO2/c1-2-19-14(18)15(7-4-8-17-11-15)10-12-5-3-6-13(16)9-12/h3,5-6,9,17H,2,4,7-8,10-11H2,1H3/t15-/m1/s1. The van der Waals surface area contributed by atoms with E-state index in [9.17, 15) is 4.79 Å². The van der Waals surface area contributed by atoms with Gasteiger partial charge in [-0.1, -0.05) is 28.1 Å². The molecule has 1 heterocycles. The summed E-state index contributed by atoms with van der Waals surface area (Å²) < 4.78 is 6.35. The molecule has 3 nitrogen and oxygen atoms in total. The Labute approximate surface area is 122 Å². The van der Waals surface area contributed by atoms with Crippen LogP contribution in [0, 0.1) is 5.41 Å². The van der Waals surface area contributed by atoms with Crippen LogP contribution in [0.3, 0.4) is 0 Å². The lowest BCUT2D eigenvalue weighted by atomic mass is 9.76. The van der Waals surface area contributed by atoms with E-state index in [1.165, 1.54) is 5.56 Å². The van der Waals surface area contributed by atoms with Gasteiger partial charge in [0.15, 0.2) is 0 Å². The molecule has 1 atom stereocenters. The first-order valence-electron chi connectivity index (χ1n) is 6.79. The highest BCUT2D eigenvalue weighted by molar-refractivity contribution is 9.10. The lowest BCUT2D eigenvalue weighted by molar-refractivity contribution is -0.156. The second kappa shape index (κ2) is 6.53. The summed E-state index contributed by atoms with van der Waals surface area (Å²) >= 11 is 3.48. The summed E-state index contributed by atoms with van der Waals surface area (Å²) in [4.78, 5) is 12.3. The zero-order valence-corrected chi connectivity index (χ0v) is 12.8. The van der Waals surface area contributed by atoms with E-state index in [4.69, 9.17) is 4.74 Å². The summed E-state index contributed by atoms with van der Waals surface area (Å²) in [5.41, 5.74) is 0.765. The molecule has 104 valence electrons. The van der Waals surface area contributed by atoms with Gasteiger partial charge in [-0.05, 0) is 50.4 Å². The molecule has 1 aliphatic heterocycles. The smallest absolute Gasteiger partial charge is 0.313 e. The first-order valence-corrected chi connectivity index (χ1v) is 7.58. The number of esters is 1. The third-order valence-corrected chi connectivity index (χ3v) is 4.11. The van der Waals surface area contributed by atoms with Gasteiger partial charge < -0.3 is 10.1 Å². The van der Waals surface area contributed by atoms with Crippen LogP contribution < -0.4 is 5.32 Å². The molecule has 0 aromatic heterocycles. The lowest BCUT2D eigenvalue weighted by Gasteiger charge is -2.35. The average molecular weight is 326 g/mol. The van der Waals surface area contributed by atoms with Crippen LogP contribution in [0.1, 0.15) is 25.3 Å². The van der Waals surface area contributed by atoms with Gasteiger partial charge in [0.05, 0.1) is 12.0 Å². The quantitative estimate of drug-likeness (QED) is 0.865. The molecule has 0 bridgehead atoms. The van der Waals surface area contributed by atoms with Gasteiger partial charge in [-0.25, -0.2) is 0 Å². The second-order valence-electron chi connectivity index (χ2n) is 5.09. The fraction of sp³-hybridized carbons (Fsp3) is 0.533.